The first-order valence-electron chi connectivity index (χ1n) is 6.12. The molecule has 2 rings (SSSR count). The summed E-state index contributed by atoms with van der Waals surface area (Å²) in [4.78, 5) is 11.2. The van der Waals surface area contributed by atoms with Crippen LogP contribution in [0.2, 0.25) is 0 Å². The molecule has 2 atom stereocenters. The van der Waals surface area contributed by atoms with Crippen LogP contribution in [0.5, 0.6) is 0 Å². The molecule has 5 nitrogen and oxygen atoms in total. The van der Waals surface area contributed by atoms with E-state index in [2.05, 4.69) is 34.1 Å². The predicted molar refractivity (Wildman–Crippen MR) is 68.2 cm³/mol. The number of hydrogen-bond acceptors (Lipinski definition) is 5. The van der Waals surface area contributed by atoms with Crippen LogP contribution in [-0.4, -0.2) is 28.0 Å². The average Bonchev–Trinajstić information content (AvgIpc) is 2.57. The fourth-order valence-corrected chi connectivity index (χ4v) is 2.35. The smallest absolute Gasteiger partial charge is 0.145 e. The quantitative estimate of drug-likeness (QED) is 0.608. The third-order valence-electron chi connectivity index (χ3n) is 3.48. The Morgan fingerprint density at radius 3 is 2.59 bits per heavy atom. The Morgan fingerprint density at radius 2 is 2.00 bits per heavy atom. The average molecular weight is 235 g/mol. The number of anilines is 1. The minimum atomic E-state index is 0.688. The van der Waals surface area contributed by atoms with Crippen LogP contribution in [0.15, 0.2) is 6.07 Å². The molecule has 0 radical (unpaired) electrons. The molecule has 17 heavy (non-hydrogen) atoms. The Hall–Kier alpha value is -1.20. The van der Waals surface area contributed by atoms with E-state index in [1.807, 2.05) is 13.0 Å². The Kier molecular flexibility index (Phi) is 3.59. The van der Waals surface area contributed by atoms with Gasteiger partial charge in [-0.15, -0.1) is 0 Å². The van der Waals surface area contributed by atoms with Crippen molar-refractivity contribution in [2.45, 2.75) is 27.3 Å². The second-order valence-corrected chi connectivity index (χ2v) is 5.10. The molecule has 1 aliphatic heterocycles. The second-order valence-electron chi connectivity index (χ2n) is 5.10. The molecule has 5 heteroatoms. The maximum atomic E-state index is 5.39. The molecular weight excluding hydrogens is 214 g/mol. The molecule has 94 valence electrons. The third-order valence-corrected chi connectivity index (χ3v) is 3.48. The van der Waals surface area contributed by atoms with E-state index < -0.39 is 0 Å². The molecule has 1 aromatic rings. The van der Waals surface area contributed by atoms with E-state index in [-0.39, 0.29) is 0 Å². The first-order chi connectivity index (χ1) is 8.08. The van der Waals surface area contributed by atoms with Crippen molar-refractivity contribution in [3.05, 3.63) is 17.6 Å². The molecule has 0 amide bonds. The second kappa shape index (κ2) is 4.98. The zero-order valence-electron chi connectivity index (χ0n) is 10.8. The fourth-order valence-electron chi connectivity index (χ4n) is 2.35. The molecule has 1 saturated heterocycles. The number of nitrogens with one attached hydrogen (secondary N) is 1. The van der Waals surface area contributed by atoms with E-state index >= 15 is 0 Å². The zero-order chi connectivity index (χ0) is 12.4. The number of nitrogen functional groups attached to an aromatic ring is 1. The highest BCUT2D eigenvalue weighted by Crippen LogP contribution is 2.23. The van der Waals surface area contributed by atoms with Gasteiger partial charge in [0.2, 0.25) is 0 Å². The first kappa shape index (κ1) is 12.3. The minimum absolute atomic E-state index is 0.688. The normalized spacial score (nSPS) is 25.2. The van der Waals surface area contributed by atoms with Gasteiger partial charge in [-0.25, -0.2) is 15.8 Å². The summed E-state index contributed by atoms with van der Waals surface area (Å²) in [6.45, 7) is 9.63. The molecule has 0 bridgehead atoms. The van der Waals surface area contributed by atoms with E-state index in [9.17, 15) is 0 Å². The summed E-state index contributed by atoms with van der Waals surface area (Å²) in [6, 6.07) is 1.85. The maximum Gasteiger partial charge on any atom is 0.145 e. The lowest BCUT2D eigenvalue weighted by Gasteiger charge is -2.14. The fraction of sp³-hybridized carbons (Fsp3) is 0.667. The molecule has 2 unspecified atom stereocenters. The number of rotatable bonds is 3. The van der Waals surface area contributed by atoms with Crippen molar-refractivity contribution in [3.63, 3.8) is 0 Å². The van der Waals surface area contributed by atoms with Gasteiger partial charge in [0, 0.05) is 24.8 Å². The van der Waals surface area contributed by atoms with Crippen molar-refractivity contribution in [2.75, 3.05) is 18.5 Å². The van der Waals surface area contributed by atoms with Gasteiger partial charge in [0.05, 0.1) is 6.54 Å². The van der Waals surface area contributed by atoms with E-state index in [0.717, 1.165) is 43.0 Å². The molecule has 1 aliphatic rings. The van der Waals surface area contributed by atoms with Crippen LogP contribution in [0.3, 0.4) is 0 Å². The Bertz CT molecular complexity index is 382. The topological polar surface area (TPSA) is 67.1 Å². The predicted octanol–water partition coefficient (Wildman–Crippen LogP) is 1.16. The lowest BCUT2D eigenvalue weighted by atomic mass is 10.0. The summed E-state index contributed by atoms with van der Waals surface area (Å²) in [5.74, 6) is 8.43. The van der Waals surface area contributed by atoms with Crippen molar-refractivity contribution < 1.29 is 0 Å². The van der Waals surface area contributed by atoms with E-state index in [1.165, 1.54) is 0 Å². The molecule has 1 aromatic heterocycles. The van der Waals surface area contributed by atoms with Crippen LogP contribution in [0.4, 0.5) is 5.82 Å². The van der Waals surface area contributed by atoms with Crippen LogP contribution in [0.1, 0.15) is 25.4 Å². The molecule has 2 heterocycles. The molecule has 0 aliphatic carbocycles. The Balaban J connectivity index is 2.06. The standard InChI is InChI=1S/C12H21N5/c1-8-5-17(6-9(8)2)7-12-14-10(3)4-11(15-12)16-13/h4,8-9H,5-7,13H2,1-3H3,(H,14,15,16). The number of hydrogen-bond donors (Lipinski definition) is 2. The van der Waals surface area contributed by atoms with Gasteiger partial charge in [0.25, 0.3) is 0 Å². The van der Waals surface area contributed by atoms with Gasteiger partial charge in [0.1, 0.15) is 11.6 Å². The summed E-state index contributed by atoms with van der Waals surface area (Å²) in [5, 5.41) is 0. The van der Waals surface area contributed by atoms with Crippen molar-refractivity contribution in [1.82, 2.24) is 14.9 Å². The van der Waals surface area contributed by atoms with Gasteiger partial charge in [-0.05, 0) is 18.8 Å². The SMILES string of the molecule is Cc1cc(NN)nc(CN2CC(C)C(C)C2)n1. The number of aromatic nitrogens is 2. The number of hydrazine groups is 1. The summed E-state index contributed by atoms with van der Waals surface area (Å²) < 4.78 is 0. The molecule has 0 saturated carbocycles. The highest BCUT2D eigenvalue weighted by atomic mass is 15.3. The summed E-state index contributed by atoms with van der Waals surface area (Å²) in [5.41, 5.74) is 3.53. The van der Waals surface area contributed by atoms with Crippen LogP contribution in [0, 0.1) is 18.8 Å². The largest absolute Gasteiger partial charge is 0.308 e. The maximum absolute atomic E-state index is 5.39. The van der Waals surface area contributed by atoms with E-state index in [1.54, 1.807) is 0 Å². The van der Waals surface area contributed by atoms with Crippen molar-refractivity contribution in [2.24, 2.45) is 17.7 Å². The van der Waals surface area contributed by atoms with Gasteiger partial charge < -0.3 is 5.43 Å². The van der Waals surface area contributed by atoms with Crippen LogP contribution in [-0.2, 0) is 6.54 Å². The third kappa shape index (κ3) is 2.92. The molecule has 0 aromatic carbocycles. The lowest BCUT2D eigenvalue weighted by molar-refractivity contribution is 0.307. The van der Waals surface area contributed by atoms with Crippen molar-refractivity contribution in [3.8, 4) is 0 Å². The van der Waals surface area contributed by atoms with Crippen LogP contribution in [0.25, 0.3) is 0 Å². The monoisotopic (exact) mass is 235 g/mol. The summed E-state index contributed by atoms with van der Waals surface area (Å²) in [7, 11) is 0. The Labute approximate surface area is 102 Å². The molecule has 3 N–H and O–H groups in total. The highest BCUT2D eigenvalue weighted by molar-refractivity contribution is 5.33. The number of aryl methyl sites for hydroxylation is 1. The summed E-state index contributed by atoms with van der Waals surface area (Å²) in [6.07, 6.45) is 0. The zero-order valence-corrected chi connectivity index (χ0v) is 10.8. The highest BCUT2D eigenvalue weighted by Gasteiger charge is 2.26. The number of nitrogens with two attached hydrogens (primary N) is 1. The van der Waals surface area contributed by atoms with Gasteiger partial charge in [-0.1, -0.05) is 13.8 Å². The van der Waals surface area contributed by atoms with E-state index in [4.69, 9.17) is 5.84 Å². The molecular formula is C12H21N5. The van der Waals surface area contributed by atoms with Gasteiger partial charge in [-0.2, -0.15) is 0 Å². The minimum Gasteiger partial charge on any atom is -0.308 e. The number of nitrogens with zero attached hydrogens (tertiary/aromatic N) is 3. The van der Waals surface area contributed by atoms with Gasteiger partial charge >= 0.3 is 0 Å². The van der Waals surface area contributed by atoms with Crippen molar-refractivity contribution in [1.29, 1.82) is 0 Å². The van der Waals surface area contributed by atoms with Gasteiger partial charge in [-0.3, -0.25) is 4.90 Å². The first-order valence-corrected chi connectivity index (χ1v) is 6.12. The van der Waals surface area contributed by atoms with E-state index in [0.29, 0.717) is 5.82 Å². The van der Waals surface area contributed by atoms with Gasteiger partial charge in [0.15, 0.2) is 0 Å². The Morgan fingerprint density at radius 1 is 1.35 bits per heavy atom. The number of likely N-dealkylation sites (tertiary alicyclic amines) is 1. The lowest BCUT2D eigenvalue weighted by Crippen LogP contribution is -2.22. The van der Waals surface area contributed by atoms with Crippen LogP contribution >= 0.6 is 0 Å². The molecule has 1 fully saturated rings. The summed E-state index contributed by atoms with van der Waals surface area (Å²) >= 11 is 0. The molecule has 0 spiro atoms. The van der Waals surface area contributed by atoms with Crippen LogP contribution < -0.4 is 11.3 Å². The van der Waals surface area contributed by atoms with Crippen molar-refractivity contribution >= 4 is 5.82 Å².